The third kappa shape index (κ3) is 3.66. The quantitative estimate of drug-likeness (QED) is 0.863. The lowest BCUT2D eigenvalue weighted by atomic mass is 10.1. The molecule has 1 fully saturated rings. The minimum Gasteiger partial charge on any atom is -0.458 e. The largest absolute Gasteiger partial charge is 0.458 e. The van der Waals surface area contributed by atoms with Gasteiger partial charge in [0.15, 0.2) is 5.82 Å². The van der Waals surface area contributed by atoms with Gasteiger partial charge in [-0.1, -0.05) is 0 Å². The Labute approximate surface area is 138 Å². The van der Waals surface area contributed by atoms with E-state index in [0.29, 0.717) is 24.2 Å². The molecule has 0 bridgehead atoms. The predicted octanol–water partition coefficient (Wildman–Crippen LogP) is 2.17. The summed E-state index contributed by atoms with van der Waals surface area (Å²) in [4.78, 5) is 21.8. The molecule has 1 saturated heterocycles. The summed E-state index contributed by atoms with van der Waals surface area (Å²) >= 11 is 0. The number of nitrogens with zero attached hydrogens (tertiary/aromatic N) is 4. The number of hydrogen-bond donors (Lipinski definition) is 0. The number of carbonyl (C=O) groups is 1. The lowest BCUT2D eigenvalue weighted by molar-refractivity contribution is 0.0515. The lowest BCUT2D eigenvalue weighted by Crippen LogP contribution is -2.44. The van der Waals surface area contributed by atoms with E-state index >= 15 is 0 Å². The highest BCUT2D eigenvalue weighted by Crippen LogP contribution is 2.18. The molecule has 7 heteroatoms. The van der Waals surface area contributed by atoms with E-state index in [1.165, 1.54) is 0 Å². The van der Waals surface area contributed by atoms with Crippen LogP contribution in [0.4, 0.5) is 4.39 Å². The Morgan fingerprint density at radius 3 is 2.67 bits per heavy atom. The van der Waals surface area contributed by atoms with Crippen LogP contribution in [0.15, 0.2) is 36.7 Å². The normalized spacial score (nSPS) is 17.2. The highest BCUT2D eigenvalue weighted by molar-refractivity contribution is 5.94. The van der Waals surface area contributed by atoms with Gasteiger partial charge in [-0.2, -0.15) is 5.26 Å². The van der Waals surface area contributed by atoms with Crippen LogP contribution in [0.3, 0.4) is 0 Å². The van der Waals surface area contributed by atoms with Gasteiger partial charge in [-0.3, -0.25) is 4.79 Å². The van der Waals surface area contributed by atoms with E-state index < -0.39 is 5.82 Å². The molecular weight excluding hydrogens is 311 g/mol. The van der Waals surface area contributed by atoms with Crippen LogP contribution >= 0.6 is 0 Å². The maximum absolute atomic E-state index is 12.8. The van der Waals surface area contributed by atoms with Crippen LogP contribution in [0.2, 0.25) is 0 Å². The Kier molecular flexibility index (Phi) is 4.66. The second kappa shape index (κ2) is 7.04. The first kappa shape index (κ1) is 15.9. The number of benzene rings is 1. The first-order chi connectivity index (χ1) is 11.7. The third-order valence-electron chi connectivity index (χ3n) is 3.80. The molecule has 2 heterocycles. The molecule has 24 heavy (non-hydrogen) atoms. The fourth-order valence-corrected chi connectivity index (χ4v) is 2.60. The minimum absolute atomic E-state index is 0.104. The first-order valence-corrected chi connectivity index (χ1v) is 7.59. The van der Waals surface area contributed by atoms with Crippen molar-refractivity contribution in [1.82, 2.24) is 14.9 Å². The van der Waals surface area contributed by atoms with Gasteiger partial charge >= 0.3 is 6.01 Å². The maximum atomic E-state index is 12.8. The van der Waals surface area contributed by atoms with Gasteiger partial charge in [0, 0.05) is 12.1 Å². The van der Waals surface area contributed by atoms with Crippen LogP contribution in [0.25, 0.3) is 0 Å². The van der Waals surface area contributed by atoms with Gasteiger partial charge in [-0.05, 0) is 37.1 Å². The molecule has 1 unspecified atom stereocenters. The summed E-state index contributed by atoms with van der Waals surface area (Å²) in [6.07, 6.45) is 3.44. The van der Waals surface area contributed by atoms with Crippen molar-refractivity contribution >= 4 is 5.91 Å². The van der Waals surface area contributed by atoms with E-state index in [0.717, 1.165) is 25.2 Å². The predicted molar refractivity (Wildman–Crippen MR) is 82.7 cm³/mol. The number of aromatic nitrogens is 2. The zero-order valence-corrected chi connectivity index (χ0v) is 12.9. The van der Waals surface area contributed by atoms with E-state index in [2.05, 4.69) is 9.97 Å². The van der Waals surface area contributed by atoms with Crippen LogP contribution in [0, 0.1) is 17.1 Å². The summed E-state index contributed by atoms with van der Waals surface area (Å²) in [6, 6.07) is 8.67. The van der Waals surface area contributed by atoms with Crippen LogP contribution < -0.4 is 4.74 Å². The Hall–Kier alpha value is -3.01. The third-order valence-corrected chi connectivity index (χ3v) is 3.80. The van der Waals surface area contributed by atoms with Crippen LogP contribution in [-0.4, -0.2) is 40.0 Å². The average Bonchev–Trinajstić information content (AvgIpc) is 2.63. The van der Waals surface area contributed by atoms with Crippen molar-refractivity contribution in [1.29, 1.82) is 5.26 Å². The van der Waals surface area contributed by atoms with Gasteiger partial charge in [0.1, 0.15) is 6.10 Å². The summed E-state index contributed by atoms with van der Waals surface area (Å²) < 4.78 is 18.5. The summed E-state index contributed by atoms with van der Waals surface area (Å²) in [7, 11) is 0. The Morgan fingerprint density at radius 2 is 2.00 bits per heavy atom. The number of halogens is 1. The summed E-state index contributed by atoms with van der Waals surface area (Å²) in [5.41, 5.74) is 1.05. The van der Waals surface area contributed by atoms with Crippen molar-refractivity contribution in [2.45, 2.75) is 18.9 Å². The van der Waals surface area contributed by atoms with E-state index in [1.54, 1.807) is 29.2 Å². The topological polar surface area (TPSA) is 79.1 Å². The number of likely N-dealkylation sites (tertiary alicyclic amines) is 1. The van der Waals surface area contributed by atoms with Crippen LogP contribution in [0.5, 0.6) is 6.01 Å². The van der Waals surface area contributed by atoms with Crippen LogP contribution in [0.1, 0.15) is 28.8 Å². The van der Waals surface area contributed by atoms with Gasteiger partial charge in [-0.25, -0.2) is 14.4 Å². The Morgan fingerprint density at radius 1 is 1.29 bits per heavy atom. The molecule has 0 aliphatic carbocycles. The zero-order chi connectivity index (χ0) is 16.9. The Balaban J connectivity index is 1.65. The van der Waals surface area contributed by atoms with Gasteiger partial charge < -0.3 is 9.64 Å². The van der Waals surface area contributed by atoms with Gasteiger partial charge in [0.2, 0.25) is 0 Å². The number of nitriles is 1. The van der Waals surface area contributed by atoms with E-state index in [4.69, 9.17) is 10.00 Å². The molecule has 0 spiro atoms. The molecule has 1 aromatic heterocycles. The van der Waals surface area contributed by atoms with E-state index in [1.807, 2.05) is 6.07 Å². The number of amides is 1. The summed E-state index contributed by atoms with van der Waals surface area (Å²) in [5.74, 6) is -0.628. The molecule has 1 aliphatic rings. The highest BCUT2D eigenvalue weighted by atomic mass is 19.1. The van der Waals surface area contributed by atoms with Gasteiger partial charge in [-0.15, -0.1) is 0 Å². The van der Waals surface area contributed by atoms with Crippen molar-refractivity contribution in [3.63, 3.8) is 0 Å². The second-order valence-electron chi connectivity index (χ2n) is 5.51. The van der Waals surface area contributed by atoms with Crippen molar-refractivity contribution < 1.29 is 13.9 Å². The van der Waals surface area contributed by atoms with Gasteiger partial charge in [0.25, 0.3) is 5.91 Å². The number of ether oxygens (including phenoxy) is 1. The fourth-order valence-electron chi connectivity index (χ4n) is 2.60. The molecule has 1 aliphatic heterocycles. The first-order valence-electron chi connectivity index (χ1n) is 7.59. The van der Waals surface area contributed by atoms with Gasteiger partial charge in [0.05, 0.1) is 30.6 Å². The molecule has 0 radical (unpaired) electrons. The molecular formula is C17H15FN4O2. The monoisotopic (exact) mass is 326 g/mol. The second-order valence-corrected chi connectivity index (χ2v) is 5.51. The molecule has 0 saturated carbocycles. The number of hydrogen-bond acceptors (Lipinski definition) is 5. The summed E-state index contributed by atoms with van der Waals surface area (Å²) in [6.45, 7) is 1.06. The molecule has 2 aromatic rings. The van der Waals surface area contributed by atoms with Crippen molar-refractivity contribution in [3.05, 3.63) is 53.6 Å². The number of rotatable bonds is 3. The molecule has 1 amide bonds. The van der Waals surface area contributed by atoms with Crippen LogP contribution in [-0.2, 0) is 0 Å². The molecule has 1 aromatic carbocycles. The standard InChI is InChI=1S/C17H15FN4O2/c18-14-9-20-17(21-10-14)24-15-2-1-7-22(11-15)16(23)13-5-3-12(8-19)4-6-13/h3-6,9-10,15H,1-2,7,11H2. The highest BCUT2D eigenvalue weighted by Gasteiger charge is 2.26. The van der Waals surface area contributed by atoms with E-state index in [-0.39, 0.29) is 18.0 Å². The summed E-state index contributed by atoms with van der Waals surface area (Å²) in [5, 5.41) is 8.81. The van der Waals surface area contributed by atoms with Crippen molar-refractivity contribution in [2.24, 2.45) is 0 Å². The maximum Gasteiger partial charge on any atom is 0.316 e. The van der Waals surface area contributed by atoms with E-state index in [9.17, 15) is 9.18 Å². The minimum atomic E-state index is -0.524. The molecule has 0 N–H and O–H groups in total. The Bertz CT molecular complexity index is 756. The van der Waals surface area contributed by atoms with Crippen molar-refractivity contribution in [3.8, 4) is 12.1 Å². The molecule has 3 rings (SSSR count). The number of carbonyl (C=O) groups excluding carboxylic acids is 1. The lowest BCUT2D eigenvalue weighted by Gasteiger charge is -2.32. The zero-order valence-electron chi connectivity index (χ0n) is 12.9. The molecule has 6 nitrogen and oxygen atoms in total. The number of piperidine rings is 1. The molecule has 1 atom stereocenters. The smallest absolute Gasteiger partial charge is 0.316 e. The van der Waals surface area contributed by atoms with Crippen molar-refractivity contribution in [2.75, 3.05) is 13.1 Å². The SMILES string of the molecule is N#Cc1ccc(C(=O)N2CCCC(Oc3ncc(F)cn3)C2)cc1. The fraction of sp³-hybridized carbons (Fsp3) is 0.294. The average molecular weight is 326 g/mol. The molecule has 122 valence electrons.